The van der Waals surface area contributed by atoms with Gasteiger partial charge in [-0.05, 0) is 73.5 Å². The highest BCUT2D eigenvalue weighted by molar-refractivity contribution is 7.99. The largest absolute Gasteiger partial charge is 0.497 e. The Morgan fingerprint density at radius 2 is 1.94 bits per heavy atom. The number of carbonyl (C=O) groups excluding carboxylic acids is 1. The number of fused-ring (bicyclic) bond motifs is 1. The van der Waals surface area contributed by atoms with Crippen LogP contribution < -0.4 is 9.64 Å². The summed E-state index contributed by atoms with van der Waals surface area (Å²) in [5.74, 6) is 2.25. The fourth-order valence-electron chi connectivity index (χ4n) is 4.94. The molecule has 4 aromatic rings. The van der Waals surface area contributed by atoms with Gasteiger partial charge in [0, 0.05) is 16.9 Å². The van der Waals surface area contributed by atoms with E-state index < -0.39 is 0 Å². The number of anilines is 1. The molecular weight excluding hydrogens is 476 g/mol. The SMILES string of the molecule is COc1ccc2c(c1)[C@@H](C)CC(C)(C)N2C(=O)CSc1nnc(-c2cccs2)n1-c1ccccc1. The minimum atomic E-state index is -0.298. The van der Waals surface area contributed by atoms with Crippen LogP contribution in [0.15, 0.2) is 71.2 Å². The van der Waals surface area contributed by atoms with E-state index in [0.29, 0.717) is 11.1 Å². The van der Waals surface area contributed by atoms with E-state index in [-0.39, 0.29) is 17.2 Å². The lowest BCUT2D eigenvalue weighted by Gasteiger charge is -2.46. The third-order valence-corrected chi connectivity index (χ3v) is 8.16. The number of para-hydroxylation sites is 1. The van der Waals surface area contributed by atoms with Gasteiger partial charge in [-0.1, -0.05) is 43.0 Å². The summed E-state index contributed by atoms with van der Waals surface area (Å²) in [5, 5.41) is 11.7. The van der Waals surface area contributed by atoms with Crippen molar-refractivity contribution in [3.63, 3.8) is 0 Å². The van der Waals surface area contributed by atoms with Crippen molar-refractivity contribution in [1.82, 2.24) is 14.8 Å². The van der Waals surface area contributed by atoms with E-state index in [1.807, 2.05) is 69.4 Å². The maximum Gasteiger partial charge on any atom is 0.237 e. The first-order valence-corrected chi connectivity index (χ1v) is 13.4. The van der Waals surface area contributed by atoms with Gasteiger partial charge < -0.3 is 9.64 Å². The molecule has 0 spiro atoms. The van der Waals surface area contributed by atoms with E-state index in [1.165, 1.54) is 11.8 Å². The number of carbonyl (C=O) groups is 1. The molecule has 1 amide bonds. The molecule has 0 aliphatic carbocycles. The van der Waals surface area contributed by atoms with Gasteiger partial charge in [0.05, 0.1) is 17.7 Å². The van der Waals surface area contributed by atoms with Crippen LogP contribution in [0.2, 0.25) is 0 Å². The van der Waals surface area contributed by atoms with Crippen LogP contribution in [0, 0.1) is 0 Å². The van der Waals surface area contributed by atoms with Gasteiger partial charge in [-0.15, -0.1) is 21.5 Å². The number of aromatic nitrogens is 3. The van der Waals surface area contributed by atoms with Crippen LogP contribution in [0.3, 0.4) is 0 Å². The molecular formula is C27H28N4O2S2. The predicted octanol–water partition coefficient (Wildman–Crippen LogP) is 6.42. The van der Waals surface area contributed by atoms with Crippen molar-refractivity contribution in [3.05, 3.63) is 71.6 Å². The predicted molar refractivity (Wildman–Crippen MR) is 143 cm³/mol. The van der Waals surface area contributed by atoms with E-state index in [1.54, 1.807) is 18.4 Å². The number of amides is 1. The summed E-state index contributed by atoms with van der Waals surface area (Å²) in [6, 6.07) is 20.1. The second-order valence-electron chi connectivity index (χ2n) is 9.31. The Labute approximate surface area is 214 Å². The van der Waals surface area contributed by atoms with Crippen molar-refractivity contribution >= 4 is 34.7 Å². The molecule has 8 heteroatoms. The van der Waals surface area contributed by atoms with E-state index in [0.717, 1.165) is 39.8 Å². The molecule has 1 aliphatic rings. The molecule has 0 N–H and O–H groups in total. The number of benzene rings is 2. The molecule has 2 aromatic carbocycles. The second-order valence-corrected chi connectivity index (χ2v) is 11.2. The molecule has 3 heterocycles. The van der Waals surface area contributed by atoms with Gasteiger partial charge in [0.15, 0.2) is 11.0 Å². The first-order chi connectivity index (χ1) is 16.9. The summed E-state index contributed by atoms with van der Waals surface area (Å²) in [4.78, 5) is 16.7. The minimum absolute atomic E-state index is 0.0543. The summed E-state index contributed by atoms with van der Waals surface area (Å²) < 4.78 is 7.48. The zero-order valence-electron chi connectivity index (χ0n) is 20.3. The zero-order valence-corrected chi connectivity index (χ0v) is 21.9. The van der Waals surface area contributed by atoms with Crippen LogP contribution in [-0.2, 0) is 4.79 Å². The normalized spacial score (nSPS) is 16.7. The monoisotopic (exact) mass is 504 g/mol. The first-order valence-electron chi connectivity index (χ1n) is 11.6. The Morgan fingerprint density at radius 3 is 2.66 bits per heavy atom. The molecule has 35 heavy (non-hydrogen) atoms. The number of hydrogen-bond donors (Lipinski definition) is 0. The highest BCUT2D eigenvalue weighted by atomic mass is 32.2. The van der Waals surface area contributed by atoms with Crippen LogP contribution in [0.5, 0.6) is 5.75 Å². The standard InChI is InChI=1S/C27H28N4O2S2/c1-18-16-27(2,3)31(22-13-12-20(33-4)15-21(18)22)24(32)17-35-26-29-28-25(23-11-8-14-34-23)30(26)19-9-6-5-7-10-19/h5-15,18H,16-17H2,1-4H3/t18-/m0/s1. The van der Waals surface area contributed by atoms with E-state index in [2.05, 4.69) is 37.0 Å². The van der Waals surface area contributed by atoms with Crippen molar-refractivity contribution in [2.75, 3.05) is 17.8 Å². The Kier molecular flexibility index (Phi) is 6.42. The van der Waals surface area contributed by atoms with Crippen molar-refractivity contribution in [1.29, 1.82) is 0 Å². The number of thiophene rings is 1. The molecule has 180 valence electrons. The van der Waals surface area contributed by atoms with E-state index >= 15 is 0 Å². The Hall–Kier alpha value is -3.10. The van der Waals surface area contributed by atoms with Crippen LogP contribution >= 0.6 is 23.1 Å². The van der Waals surface area contributed by atoms with Crippen LogP contribution in [0.1, 0.15) is 38.7 Å². The zero-order chi connectivity index (χ0) is 24.6. The molecule has 0 unspecified atom stereocenters. The van der Waals surface area contributed by atoms with E-state index in [9.17, 15) is 4.79 Å². The van der Waals surface area contributed by atoms with Gasteiger partial charge >= 0.3 is 0 Å². The molecule has 0 saturated heterocycles. The van der Waals surface area contributed by atoms with Gasteiger partial charge in [-0.3, -0.25) is 9.36 Å². The van der Waals surface area contributed by atoms with Crippen molar-refractivity contribution in [3.8, 4) is 22.1 Å². The maximum atomic E-state index is 13.7. The topological polar surface area (TPSA) is 60.2 Å². The van der Waals surface area contributed by atoms with Crippen LogP contribution in [0.25, 0.3) is 16.4 Å². The summed E-state index contributed by atoms with van der Waals surface area (Å²) in [6.45, 7) is 6.49. The third kappa shape index (κ3) is 4.48. The van der Waals surface area contributed by atoms with Crippen molar-refractivity contribution in [2.24, 2.45) is 0 Å². The number of nitrogens with zero attached hydrogens (tertiary/aromatic N) is 4. The average Bonchev–Trinajstić information content (AvgIpc) is 3.52. The smallest absolute Gasteiger partial charge is 0.237 e. The third-order valence-electron chi connectivity index (χ3n) is 6.38. The molecule has 1 atom stereocenters. The number of thioether (sulfide) groups is 1. The Balaban J connectivity index is 1.46. The first kappa shape index (κ1) is 23.6. The average molecular weight is 505 g/mol. The lowest BCUT2D eigenvalue weighted by atomic mass is 9.80. The number of methoxy groups -OCH3 is 1. The summed E-state index contributed by atoms with van der Waals surface area (Å²) in [7, 11) is 1.67. The fourth-order valence-corrected chi connectivity index (χ4v) is 6.44. The highest BCUT2D eigenvalue weighted by Gasteiger charge is 2.40. The molecule has 5 rings (SSSR count). The van der Waals surface area contributed by atoms with Crippen molar-refractivity contribution in [2.45, 2.75) is 43.8 Å². The summed E-state index contributed by atoms with van der Waals surface area (Å²) in [6.07, 6.45) is 0.881. The van der Waals surface area contributed by atoms with E-state index in [4.69, 9.17) is 4.74 Å². The van der Waals surface area contributed by atoms with Gasteiger partial charge in [-0.25, -0.2) is 0 Å². The van der Waals surface area contributed by atoms with Crippen LogP contribution in [0.4, 0.5) is 5.69 Å². The van der Waals surface area contributed by atoms with Gasteiger partial charge in [-0.2, -0.15) is 0 Å². The number of hydrogen-bond acceptors (Lipinski definition) is 6. The number of rotatable bonds is 6. The fraction of sp³-hybridized carbons (Fsp3) is 0.296. The van der Waals surface area contributed by atoms with Gasteiger partial charge in [0.2, 0.25) is 5.91 Å². The van der Waals surface area contributed by atoms with Gasteiger partial charge in [0.25, 0.3) is 0 Å². The minimum Gasteiger partial charge on any atom is -0.497 e. The second kappa shape index (κ2) is 9.51. The molecule has 0 fully saturated rings. The Bertz CT molecular complexity index is 1330. The van der Waals surface area contributed by atoms with Crippen molar-refractivity contribution < 1.29 is 9.53 Å². The Morgan fingerprint density at radius 1 is 1.14 bits per heavy atom. The molecule has 0 radical (unpaired) electrons. The highest BCUT2D eigenvalue weighted by Crippen LogP contribution is 2.45. The molecule has 2 aromatic heterocycles. The number of ether oxygens (including phenoxy) is 1. The summed E-state index contributed by atoms with van der Waals surface area (Å²) in [5.41, 5.74) is 2.78. The lowest BCUT2D eigenvalue weighted by Crippen LogP contribution is -2.52. The maximum absolute atomic E-state index is 13.7. The molecule has 0 bridgehead atoms. The van der Waals surface area contributed by atoms with Gasteiger partial charge in [0.1, 0.15) is 5.75 Å². The molecule has 6 nitrogen and oxygen atoms in total. The molecule has 0 saturated carbocycles. The molecule has 1 aliphatic heterocycles. The lowest BCUT2D eigenvalue weighted by molar-refractivity contribution is -0.117. The van der Waals surface area contributed by atoms with Crippen LogP contribution in [-0.4, -0.2) is 39.1 Å². The summed E-state index contributed by atoms with van der Waals surface area (Å²) >= 11 is 3.05. The quantitative estimate of drug-likeness (QED) is 0.284.